The zero-order valence-corrected chi connectivity index (χ0v) is 12.7. The number of rotatable bonds is 7. The van der Waals surface area contributed by atoms with Crippen LogP contribution in [-0.4, -0.2) is 67.5 Å². The van der Waals surface area contributed by atoms with Gasteiger partial charge in [-0.15, -0.1) is 0 Å². The molecule has 1 atom stereocenters. The highest BCUT2D eigenvalue weighted by Gasteiger charge is 2.39. The molecule has 2 N–H and O–H groups in total. The van der Waals surface area contributed by atoms with Crippen molar-refractivity contribution in [2.75, 3.05) is 31.6 Å². The number of nitrogens with zero attached hydrogens (tertiary/aromatic N) is 1. The number of nitrogens with one attached hydrogen (secondary N) is 1. The SMILES string of the molecule is CN(CCCC(=O)O)CC(=O)NC1(C)CCS(=O)(=O)C1. The van der Waals surface area contributed by atoms with Gasteiger partial charge in [0.05, 0.1) is 23.6 Å². The molecule has 116 valence electrons. The molecule has 20 heavy (non-hydrogen) atoms. The summed E-state index contributed by atoms with van der Waals surface area (Å²) >= 11 is 0. The van der Waals surface area contributed by atoms with Crippen molar-refractivity contribution < 1.29 is 23.1 Å². The second kappa shape index (κ2) is 6.53. The maximum absolute atomic E-state index is 11.9. The van der Waals surface area contributed by atoms with Gasteiger partial charge in [0.1, 0.15) is 0 Å². The molecule has 0 aromatic carbocycles. The lowest BCUT2D eigenvalue weighted by atomic mass is 10.0. The molecule has 1 amide bonds. The van der Waals surface area contributed by atoms with Gasteiger partial charge in [0, 0.05) is 6.42 Å². The van der Waals surface area contributed by atoms with Crippen LogP contribution in [0.5, 0.6) is 0 Å². The minimum atomic E-state index is -3.05. The average Bonchev–Trinajstić information content (AvgIpc) is 2.51. The van der Waals surface area contributed by atoms with Crippen LogP contribution in [0.1, 0.15) is 26.2 Å². The number of amides is 1. The van der Waals surface area contributed by atoms with E-state index in [1.54, 1.807) is 18.9 Å². The highest BCUT2D eigenvalue weighted by Crippen LogP contribution is 2.22. The molecule has 0 radical (unpaired) electrons. The van der Waals surface area contributed by atoms with E-state index in [1.807, 2.05) is 0 Å². The highest BCUT2D eigenvalue weighted by atomic mass is 32.2. The number of hydrogen-bond acceptors (Lipinski definition) is 5. The van der Waals surface area contributed by atoms with E-state index in [4.69, 9.17) is 5.11 Å². The number of likely N-dealkylation sites (N-methyl/N-ethyl adjacent to an activating group) is 1. The Hall–Kier alpha value is -1.15. The molecule has 1 fully saturated rings. The first-order valence-corrected chi connectivity index (χ1v) is 8.36. The van der Waals surface area contributed by atoms with E-state index in [2.05, 4.69) is 5.32 Å². The summed E-state index contributed by atoms with van der Waals surface area (Å²) in [6.45, 7) is 2.38. The molecule has 0 saturated carbocycles. The van der Waals surface area contributed by atoms with Gasteiger partial charge >= 0.3 is 5.97 Å². The summed E-state index contributed by atoms with van der Waals surface area (Å²) in [4.78, 5) is 24.0. The van der Waals surface area contributed by atoms with Gasteiger partial charge in [0.15, 0.2) is 9.84 Å². The summed E-state index contributed by atoms with van der Waals surface area (Å²) < 4.78 is 22.9. The fourth-order valence-electron chi connectivity index (χ4n) is 2.31. The Labute approximate surface area is 119 Å². The van der Waals surface area contributed by atoms with Gasteiger partial charge in [-0.3, -0.25) is 14.5 Å². The van der Waals surface area contributed by atoms with E-state index in [0.717, 1.165) is 0 Å². The molecule has 1 unspecified atom stereocenters. The average molecular weight is 306 g/mol. The van der Waals surface area contributed by atoms with Gasteiger partial charge in [0.25, 0.3) is 0 Å². The van der Waals surface area contributed by atoms with Crippen molar-refractivity contribution in [3.63, 3.8) is 0 Å². The lowest BCUT2D eigenvalue weighted by molar-refractivity contribution is -0.137. The van der Waals surface area contributed by atoms with E-state index in [9.17, 15) is 18.0 Å². The van der Waals surface area contributed by atoms with Crippen LogP contribution in [-0.2, 0) is 19.4 Å². The Bertz CT molecular complexity index is 476. The number of carbonyl (C=O) groups is 2. The summed E-state index contributed by atoms with van der Waals surface area (Å²) in [5.74, 6) is -0.999. The minimum Gasteiger partial charge on any atom is -0.481 e. The van der Waals surface area contributed by atoms with Crippen LogP contribution in [0, 0.1) is 0 Å². The molecule has 0 spiro atoms. The fraction of sp³-hybridized carbons (Fsp3) is 0.833. The van der Waals surface area contributed by atoms with Crippen molar-refractivity contribution in [3.05, 3.63) is 0 Å². The van der Waals surface area contributed by atoms with Gasteiger partial charge in [-0.25, -0.2) is 8.42 Å². The van der Waals surface area contributed by atoms with Crippen molar-refractivity contribution in [3.8, 4) is 0 Å². The molecule has 1 saturated heterocycles. The van der Waals surface area contributed by atoms with Crippen molar-refractivity contribution >= 4 is 21.7 Å². The first-order chi connectivity index (χ1) is 9.12. The summed E-state index contributed by atoms with van der Waals surface area (Å²) in [7, 11) is -1.31. The number of aliphatic carboxylic acids is 1. The van der Waals surface area contributed by atoms with Gasteiger partial charge in [-0.2, -0.15) is 0 Å². The fourth-order valence-corrected chi connectivity index (χ4v) is 4.40. The highest BCUT2D eigenvalue weighted by molar-refractivity contribution is 7.91. The molecule has 0 aromatic rings. The topological polar surface area (TPSA) is 104 Å². The van der Waals surface area contributed by atoms with Gasteiger partial charge in [-0.05, 0) is 33.4 Å². The van der Waals surface area contributed by atoms with E-state index < -0.39 is 21.3 Å². The monoisotopic (exact) mass is 306 g/mol. The van der Waals surface area contributed by atoms with Crippen molar-refractivity contribution in [1.82, 2.24) is 10.2 Å². The largest absolute Gasteiger partial charge is 0.481 e. The second-order valence-corrected chi connectivity index (χ2v) is 7.87. The number of carbonyl (C=O) groups excluding carboxylic acids is 1. The van der Waals surface area contributed by atoms with E-state index in [-0.39, 0.29) is 30.4 Å². The van der Waals surface area contributed by atoms with E-state index in [1.165, 1.54) is 0 Å². The third-order valence-electron chi connectivity index (χ3n) is 3.29. The Kier molecular flexibility index (Phi) is 5.52. The molecule has 1 aliphatic rings. The summed E-state index contributed by atoms with van der Waals surface area (Å²) in [6, 6.07) is 0. The summed E-state index contributed by atoms with van der Waals surface area (Å²) in [5, 5.41) is 11.3. The molecule has 1 aliphatic heterocycles. The molecule has 0 aromatic heterocycles. The molecule has 1 heterocycles. The molecule has 0 aliphatic carbocycles. The van der Waals surface area contributed by atoms with Crippen LogP contribution in [0.25, 0.3) is 0 Å². The van der Waals surface area contributed by atoms with Crippen molar-refractivity contribution in [1.29, 1.82) is 0 Å². The first-order valence-electron chi connectivity index (χ1n) is 6.54. The number of carboxylic acid groups (broad SMARTS) is 1. The molecule has 1 rings (SSSR count). The van der Waals surface area contributed by atoms with Crippen molar-refractivity contribution in [2.45, 2.75) is 31.7 Å². The molecule has 8 heteroatoms. The smallest absolute Gasteiger partial charge is 0.303 e. The molecular weight excluding hydrogens is 284 g/mol. The maximum atomic E-state index is 11.9. The predicted octanol–water partition coefficient (Wildman–Crippen LogP) is -0.524. The Morgan fingerprint density at radius 1 is 1.40 bits per heavy atom. The molecule has 0 bridgehead atoms. The zero-order chi connectivity index (χ0) is 15.4. The lowest BCUT2D eigenvalue weighted by Crippen LogP contribution is -2.50. The zero-order valence-electron chi connectivity index (χ0n) is 11.9. The molecular formula is C12H22N2O5S. The Morgan fingerprint density at radius 3 is 2.55 bits per heavy atom. The lowest BCUT2D eigenvalue weighted by Gasteiger charge is -2.25. The number of hydrogen-bond donors (Lipinski definition) is 2. The molecule has 7 nitrogen and oxygen atoms in total. The van der Waals surface area contributed by atoms with Gasteiger partial charge in [-0.1, -0.05) is 0 Å². The number of sulfone groups is 1. The van der Waals surface area contributed by atoms with Crippen LogP contribution in [0.2, 0.25) is 0 Å². The van der Waals surface area contributed by atoms with Gasteiger partial charge in [0.2, 0.25) is 5.91 Å². The Balaban J connectivity index is 2.35. The first kappa shape index (κ1) is 16.9. The summed E-state index contributed by atoms with van der Waals surface area (Å²) in [5.41, 5.74) is -0.683. The van der Waals surface area contributed by atoms with Crippen LogP contribution in [0.4, 0.5) is 0 Å². The van der Waals surface area contributed by atoms with Crippen LogP contribution >= 0.6 is 0 Å². The van der Waals surface area contributed by atoms with Gasteiger partial charge < -0.3 is 10.4 Å². The van der Waals surface area contributed by atoms with Crippen LogP contribution in [0.3, 0.4) is 0 Å². The normalized spacial score (nSPS) is 24.8. The third kappa shape index (κ3) is 5.87. The quantitative estimate of drug-likeness (QED) is 0.656. The van der Waals surface area contributed by atoms with E-state index >= 15 is 0 Å². The van der Waals surface area contributed by atoms with Crippen LogP contribution < -0.4 is 5.32 Å². The number of carboxylic acids is 1. The second-order valence-electron chi connectivity index (χ2n) is 5.69. The summed E-state index contributed by atoms with van der Waals surface area (Å²) in [6.07, 6.45) is 0.983. The maximum Gasteiger partial charge on any atom is 0.303 e. The predicted molar refractivity (Wildman–Crippen MR) is 74.2 cm³/mol. The minimum absolute atomic E-state index is 0.0194. The van der Waals surface area contributed by atoms with Crippen LogP contribution in [0.15, 0.2) is 0 Å². The Morgan fingerprint density at radius 2 is 2.05 bits per heavy atom. The van der Waals surface area contributed by atoms with Crippen molar-refractivity contribution in [2.24, 2.45) is 0 Å². The standard InChI is InChI=1S/C12H22N2O5S/c1-12(5-7-20(18,19)9-12)13-10(15)8-14(2)6-3-4-11(16)17/h3-9H2,1-2H3,(H,13,15)(H,16,17). The van der Waals surface area contributed by atoms with E-state index in [0.29, 0.717) is 19.4 Å². The third-order valence-corrected chi connectivity index (χ3v) is 5.19.